The van der Waals surface area contributed by atoms with Crippen molar-refractivity contribution < 1.29 is 4.39 Å². The molecule has 176 valence electrons. The van der Waals surface area contributed by atoms with E-state index in [0.717, 1.165) is 40.6 Å². The molecule has 6 rings (SSSR count). The number of aryl methyl sites for hydroxylation is 2. The minimum absolute atomic E-state index is 0. The second-order valence-corrected chi connectivity index (χ2v) is 9.09. The summed E-state index contributed by atoms with van der Waals surface area (Å²) in [4.78, 5) is 10.7. The van der Waals surface area contributed by atoms with E-state index in [0.29, 0.717) is 18.0 Å². The Labute approximate surface area is 202 Å². The van der Waals surface area contributed by atoms with Gasteiger partial charge in [-0.2, -0.15) is 14.6 Å². The van der Waals surface area contributed by atoms with Gasteiger partial charge < -0.3 is 9.88 Å². The Morgan fingerprint density at radius 1 is 1.06 bits per heavy atom. The highest BCUT2D eigenvalue weighted by molar-refractivity contribution is 6.07. The fourth-order valence-electron chi connectivity index (χ4n) is 5.03. The first-order valence-electron chi connectivity index (χ1n) is 11.6. The molecule has 1 saturated heterocycles. The molecule has 1 aliphatic heterocycles. The number of halogens is 2. The quantitative estimate of drug-likeness (QED) is 0.400. The van der Waals surface area contributed by atoms with Crippen molar-refractivity contribution in [2.24, 2.45) is 0 Å². The zero-order valence-electron chi connectivity index (χ0n) is 19.3. The lowest BCUT2D eigenvalue weighted by molar-refractivity contribution is 0.343. The summed E-state index contributed by atoms with van der Waals surface area (Å²) >= 11 is 0. The molecule has 1 N–H and O–H groups in total. The molecule has 34 heavy (non-hydrogen) atoms. The van der Waals surface area contributed by atoms with Crippen molar-refractivity contribution in [2.45, 2.75) is 39.5 Å². The summed E-state index contributed by atoms with van der Waals surface area (Å²) in [6, 6.07) is 8.73. The van der Waals surface area contributed by atoms with E-state index < -0.39 is 0 Å². The molecule has 1 fully saturated rings. The van der Waals surface area contributed by atoms with Crippen molar-refractivity contribution in [3.63, 3.8) is 0 Å². The van der Waals surface area contributed by atoms with Crippen LogP contribution in [0.25, 0.3) is 27.8 Å². The van der Waals surface area contributed by atoms with E-state index in [-0.39, 0.29) is 18.2 Å². The van der Waals surface area contributed by atoms with Gasteiger partial charge >= 0.3 is 0 Å². The van der Waals surface area contributed by atoms with Crippen molar-refractivity contribution in [3.05, 3.63) is 64.2 Å². The molecule has 9 heteroatoms. The second-order valence-electron chi connectivity index (χ2n) is 9.09. The van der Waals surface area contributed by atoms with Gasteiger partial charge in [-0.1, -0.05) is 18.2 Å². The number of nitrogens with one attached hydrogen (secondary N) is 1. The number of benzene rings is 2. The van der Waals surface area contributed by atoms with Crippen LogP contribution in [0.3, 0.4) is 0 Å². The smallest absolute Gasteiger partial charge is 0.273 e. The van der Waals surface area contributed by atoms with Crippen molar-refractivity contribution >= 4 is 40.3 Å². The maximum atomic E-state index is 13.3. The van der Waals surface area contributed by atoms with E-state index >= 15 is 0 Å². The van der Waals surface area contributed by atoms with E-state index in [1.54, 1.807) is 16.6 Å². The van der Waals surface area contributed by atoms with Crippen molar-refractivity contribution in [1.29, 1.82) is 0 Å². The number of hydrogen-bond acceptors (Lipinski definition) is 5. The summed E-state index contributed by atoms with van der Waals surface area (Å²) in [5, 5.41) is 14.6. The van der Waals surface area contributed by atoms with Gasteiger partial charge in [-0.25, -0.2) is 4.39 Å². The topological polar surface area (TPSA) is 75.0 Å². The Morgan fingerprint density at radius 2 is 1.82 bits per heavy atom. The molecule has 0 unspecified atom stereocenters. The Hall–Kier alpha value is -3.10. The van der Waals surface area contributed by atoms with Crippen LogP contribution >= 0.6 is 12.4 Å². The van der Waals surface area contributed by atoms with Crippen LogP contribution in [0.2, 0.25) is 0 Å². The summed E-state index contributed by atoms with van der Waals surface area (Å²) in [6.07, 6.45) is 4.16. The Kier molecular flexibility index (Phi) is 5.95. The number of nitrogens with zero attached hydrogens (tertiary/aromatic N) is 6. The van der Waals surface area contributed by atoms with E-state index in [1.165, 1.54) is 54.8 Å². The van der Waals surface area contributed by atoms with Gasteiger partial charge in [0.1, 0.15) is 11.3 Å². The zero-order chi connectivity index (χ0) is 22.5. The molecule has 5 aromatic rings. The van der Waals surface area contributed by atoms with E-state index in [1.807, 2.05) is 0 Å². The highest BCUT2D eigenvalue weighted by Gasteiger charge is 2.19. The molecule has 2 aromatic carbocycles. The fraction of sp³-hybridized carbons (Fsp3) is 0.360. The Balaban J connectivity index is 0.00000241. The van der Waals surface area contributed by atoms with Crippen LogP contribution in [0.4, 0.5) is 4.39 Å². The first kappa shape index (κ1) is 22.7. The molecule has 3 aromatic heterocycles. The summed E-state index contributed by atoms with van der Waals surface area (Å²) < 4.78 is 15.0. The molecule has 0 bridgehead atoms. The number of aromatic amines is 1. The standard InChI is InChI=1S/C25H26FN7.ClH/c1-15-13-18(9-12-32-10-3-4-11-32)16(2)21-22(15)27-24-23(21)31-33-20(29-30-25(33)28-24)14-17-5-7-19(26)8-6-17;/h5-8,13H,3-4,9-12,14H2,1-2H3,(H,27,28,30);1H. The number of H-pyrrole nitrogens is 1. The normalized spacial score (nSPS) is 14.4. The van der Waals surface area contributed by atoms with Crippen LogP contribution in [0.15, 0.2) is 30.3 Å². The average Bonchev–Trinajstić information content (AvgIpc) is 3.54. The molecule has 7 nitrogen and oxygen atoms in total. The molecule has 1 aliphatic rings. The van der Waals surface area contributed by atoms with Crippen molar-refractivity contribution in [3.8, 4) is 0 Å². The van der Waals surface area contributed by atoms with Gasteiger partial charge in [0.05, 0.1) is 5.52 Å². The molecule has 0 aliphatic carbocycles. The Morgan fingerprint density at radius 3 is 2.59 bits per heavy atom. The SMILES string of the molecule is Cc1cc(CCN2CCCC2)c(C)c2c1[nH]c1nc3nnc(Cc4ccc(F)cc4)n3nc12.Cl. The van der Waals surface area contributed by atoms with E-state index in [2.05, 4.69) is 40.0 Å². The fourth-order valence-corrected chi connectivity index (χ4v) is 5.03. The van der Waals surface area contributed by atoms with Gasteiger partial charge in [-0.15, -0.1) is 22.6 Å². The molecule has 0 saturated carbocycles. The summed E-state index contributed by atoms with van der Waals surface area (Å²) in [5.74, 6) is 0.882. The Bertz CT molecular complexity index is 1480. The number of hydrogen-bond donors (Lipinski definition) is 1. The maximum absolute atomic E-state index is 13.3. The molecule has 0 spiro atoms. The number of fused-ring (bicyclic) bond motifs is 4. The zero-order valence-corrected chi connectivity index (χ0v) is 20.1. The van der Waals surface area contributed by atoms with Gasteiger partial charge in [-0.05, 0) is 80.6 Å². The third-order valence-corrected chi connectivity index (χ3v) is 6.87. The molecule has 0 atom stereocenters. The van der Waals surface area contributed by atoms with Crippen LogP contribution in [-0.4, -0.2) is 54.3 Å². The molecule has 0 radical (unpaired) electrons. The summed E-state index contributed by atoms with van der Waals surface area (Å²) in [5.41, 5.74) is 7.40. The lowest BCUT2D eigenvalue weighted by atomic mass is 9.98. The van der Waals surface area contributed by atoms with Crippen LogP contribution in [0, 0.1) is 19.7 Å². The minimum Gasteiger partial charge on any atom is -0.337 e. The highest BCUT2D eigenvalue weighted by atomic mass is 35.5. The van der Waals surface area contributed by atoms with Crippen molar-refractivity contribution in [1.82, 2.24) is 34.7 Å². The van der Waals surface area contributed by atoms with Crippen LogP contribution in [-0.2, 0) is 12.8 Å². The molecular weight excluding hydrogens is 453 g/mol. The lowest BCUT2D eigenvalue weighted by Gasteiger charge is -2.16. The van der Waals surface area contributed by atoms with Crippen LogP contribution < -0.4 is 0 Å². The molecule has 0 amide bonds. The summed E-state index contributed by atoms with van der Waals surface area (Å²) in [7, 11) is 0. The number of rotatable bonds is 5. The van der Waals surface area contributed by atoms with Crippen LogP contribution in [0.5, 0.6) is 0 Å². The van der Waals surface area contributed by atoms with E-state index in [9.17, 15) is 4.39 Å². The third kappa shape index (κ3) is 3.91. The lowest BCUT2D eigenvalue weighted by Crippen LogP contribution is -2.22. The predicted molar refractivity (Wildman–Crippen MR) is 133 cm³/mol. The molecular formula is C25H27ClFN7. The minimum atomic E-state index is -0.253. The first-order chi connectivity index (χ1) is 16.1. The molecule has 4 heterocycles. The summed E-state index contributed by atoms with van der Waals surface area (Å²) in [6.45, 7) is 7.84. The monoisotopic (exact) mass is 479 g/mol. The van der Waals surface area contributed by atoms with Gasteiger partial charge in [0.15, 0.2) is 11.5 Å². The van der Waals surface area contributed by atoms with Gasteiger partial charge in [0, 0.05) is 18.4 Å². The van der Waals surface area contributed by atoms with Gasteiger partial charge in [0.25, 0.3) is 5.78 Å². The van der Waals surface area contributed by atoms with Gasteiger partial charge in [-0.3, -0.25) is 0 Å². The maximum Gasteiger partial charge on any atom is 0.273 e. The van der Waals surface area contributed by atoms with Gasteiger partial charge in [0.2, 0.25) is 0 Å². The predicted octanol–water partition coefficient (Wildman–Crippen LogP) is 4.56. The second kappa shape index (κ2) is 8.92. The van der Waals surface area contributed by atoms with Crippen LogP contribution in [0.1, 0.15) is 40.9 Å². The number of likely N-dealkylation sites (tertiary alicyclic amines) is 1. The number of aromatic nitrogens is 6. The largest absolute Gasteiger partial charge is 0.337 e. The average molecular weight is 480 g/mol. The highest BCUT2D eigenvalue weighted by Crippen LogP contribution is 2.31. The van der Waals surface area contributed by atoms with Crippen molar-refractivity contribution in [2.75, 3.05) is 19.6 Å². The first-order valence-corrected chi connectivity index (χ1v) is 11.6. The third-order valence-electron chi connectivity index (χ3n) is 6.87. The van der Waals surface area contributed by atoms with E-state index in [4.69, 9.17) is 10.1 Å².